The zero-order chi connectivity index (χ0) is 18.7. The number of fused-ring (bicyclic) bond motifs is 1. The Balaban J connectivity index is 1.64. The summed E-state index contributed by atoms with van der Waals surface area (Å²) in [5, 5.41) is 2.70. The highest BCUT2D eigenvalue weighted by Gasteiger charge is 2.35. The fourth-order valence-corrected chi connectivity index (χ4v) is 4.16. The number of nitrogens with one attached hydrogen (secondary N) is 1. The van der Waals surface area contributed by atoms with Crippen molar-refractivity contribution < 1.29 is 14.3 Å². The molecule has 1 saturated heterocycles. The third-order valence-electron chi connectivity index (χ3n) is 5.28. The van der Waals surface area contributed by atoms with Crippen LogP contribution in [0.5, 0.6) is 0 Å². The van der Waals surface area contributed by atoms with E-state index in [1.165, 1.54) is 25.7 Å². The van der Waals surface area contributed by atoms with Gasteiger partial charge in [0.2, 0.25) is 0 Å². The molecule has 2 unspecified atom stereocenters. The van der Waals surface area contributed by atoms with Gasteiger partial charge in [-0.25, -0.2) is 4.79 Å². The molecule has 2 atom stereocenters. The summed E-state index contributed by atoms with van der Waals surface area (Å²) in [5.74, 6) is 0.792. The number of benzene rings is 1. The molecule has 0 radical (unpaired) electrons. The number of anilines is 1. The van der Waals surface area contributed by atoms with Crippen molar-refractivity contribution in [3.63, 3.8) is 0 Å². The zero-order valence-electron chi connectivity index (χ0n) is 16.1. The molecule has 1 saturated carbocycles. The van der Waals surface area contributed by atoms with Crippen LogP contribution in [-0.2, 0) is 4.74 Å². The Morgan fingerprint density at radius 2 is 1.69 bits per heavy atom. The maximum Gasteiger partial charge on any atom is 0.412 e. The Morgan fingerprint density at radius 3 is 2.38 bits per heavy atom. The molecular weight excluding hydrogens is 328 g/mol. The van der Waals surface area contributed by atoms with Crippen LogP contribution >= 0.6 is 0 Å². The molecule has 0 aromatic heterocycles. The Hall–Kier alpha value is -2.04. The summed E-state index contributed by atoms with van der Waals surface area (Å²) in [4.78, 5) is 26.9. The first-order valence-corrected chi connectivity index (χ1v) is 9.74. The fourth-order valence-electron chi connectivity index (χ4n) is 4.16. The van der Waals surface area contributed by atoms with E-state index in [9.17, 15) is 9.59 Å². The predicted molar refractivity (Wildman–Crippen MR) is 102 cm³/mol. The zero-order valence-corrected chi connectivity index (χ0v) is 16.1. The van der Waals surface area contributed by atoms with Gasteiger partial charge < -0.3 is 9.64 Å². The van der Waals surface area contributed by atoms with Crippen LogP contribution < -0.4 is 5.32 Å². The van der Waals surface area contributed by atoms with E-state index >= 15 is 0 Å². The van der Waals surface area contributed by atoms with Crippen molar-refractivity contribution in [1.82, 2.24) is 4.90 Å². The van der Waals surface area contributed by atoms with E-state index in [1.807, 2.05) is 20.8 Å². The van der Waals surface area contributed by atoms with Crippen LogP contribution in [0.3, 0.4) is 0 Å². The molecule has 2 amide bonds. The van der Waals surface area contributed by atoms with Gasteiger partial charge in [0.1, 0.15) is 5.60 Å². The summed E-state index contributed by atoms with van der Waals surface area (Å²) in [7, 11) is 0. The molecular formula is C21H30N2O3. The average Bonchev–Trinajstić information content (AvgIpc) is 2.59. The van der Waals surface area contributed by atoms with Crippen LogP contribution in [-0.4, -0.2) is 35.1 Å². The number of hydrogen-bond donors (Lipinski definition) is 1. The third-order valence-corrected chi connectivity index (χ3v) is 5.28. The number of amides is 2. The van der Waals surface area contributed by atoms with Crippen molar-refractivity contribution in [2.24, 2.45) is 5.92 Å². The quantitative estimate of drug-likeness (QED) is 0.824. The van der Waals surface area contributed by atoms with Gasteiger partial charge in [0.05, 0.1) is 0 Å². The summed E-state index contributed by atoms with van der Waals surface area (Å²) in [5.41, 5.74) is 0.779. The van der Waals surface area contributed by atoms with Gasteiger partial charge in [-0.05, 0) is 76.6 Å². The number of carbonyl (C=O) groups excluding carboxylic acids is 2. The average molecular weight is 358 g/mol. The van der Waals surface area contributed by atoms with Gasteiger partial charge in [0, 0.05) is 23.8 Å². The molecule has 1 aromatic carbocycles. The highest BCUT2D eigenvalue weighted by Crippen LogP contribution is 2.36. The van der Waals surface area contributed by atoms with Crippen LogP contribution in [0.15, 0.2) is 24.3 Å². The smallest absolute Gasteiger partial charge is 0.412 e. The van der Waals surface area contributed by atoms with E-state index < -0.39 is 11.7 Å². The van der Waals surface area contributed by atoms with Gasteiger partial charge in [-0.3, -0.25) is 10.1 Å². The molecule has 0 bridgehead atoms. The maximum absolute atomic E-state index is 13.0. The van der Waals surface area contributed by atoms with E-state index in [1.54, 1.807) is 24.3 Å². The lowest BCUT2D eigenvalue weighted by Crippen LogP contribution is -2.49. The van der Waals surface area contributed by atoms with Gasteiger partial charge in [-0.1, -0.05) is 12.8 Å². The molecule has 1 heterocycles. The Morgan fingerprint density at radius 1 is 1.04 bits per heavy atom. The lowest BCUT2D eigenvalue weighted by molar-refractivity contribution is 0.0390. The Bertz CT molecular complexity index is 646. The lowest BCUT2D eigenvalue weighted by Gasteiger charge is -2.44. The maximum atomic E-state index is 13.0. The molecule has 1 N–H and O–H groups in total. The second kappa shape index (κ2) is 7.68. The molecule has 3 rings (SSSR count). The minimum absolute atomic E-state index is 0.116. The number of rotatable bonds is 2. The number of hydrogen-bond acceptors (Lipinski definition) is 3. The van der Waals surface area contributed by atoms with Crippen LogP contribution in [0.2, 0.25) is 0 Å². The van der Waals surface area contributed by atoms with E-state index in [2.05, 4.69) is 10.2 Å². The standard InChI is InChI=1S/C21H30N2O3/c1-21(2,3)26-20(25)22-17-12-10-16(11-13-17)19(24)23-14-6-8-15-7-4-5-9-18(15)23/h10-13,15,18H,4-9,14H2,1-3H3,(H,22,25). The lowest BCUT2D eigenvalue weighted by atomic mass is 9.78. The van der Waals surface area contributed by atoms with Crippen LogP contribution in [0.25, 0.3) is 0 Å². The molecule has 1 aliphatic carbocycles. The van der Waals surface area contributed by atoms with Crippen molar-refractivity contribution in [1.29, 1.82) is 0 Å². The van der Waals surface area contributed by atoms with Gasteiger partial charge in [0.25, 0.3) is 5.91 Å². The summed E-state index contributed by atoms with van der Waals surface area (Å²) in [6.45, 7) is 6.33. The Kier molecular flexibility index (Phi) is 5.54. The number of ether oxygens (including phenoxy) is 1. The first-order chi connectivity index (χ1) is 12.3. The molecule has 5 nitrogen and oxygen atoms in total. The van der Waals surface area contributed by atoms with E-state index in [0.29, 0.717) is 23.2 Å². The first kappa shape index (κ1) is 18.7. The number of nitrogens with zero attached hydrogens (tertiary/aromatic N) is 1. The van der Waals surface area contributed by atoms with Crippen molar-refractivity contribution in [3.8, 4) is 0 Å². The summed E-state index contributed by atoms with van der Waals surface area (Å²) in [6, 6.07) is 7.52. The minimum Gasteiger partial charge on any atom is -0.444 e. The molecule has 2 aliphatic rings. The fraction of sp³-hybridized carbons (Fsp3) is 0.619. The second-order valence-corrected chi connectivity index (χ2v) is 8.46. The highest BCUT2D eigenvalue weighted by molar-refractivity contribution is 5.95. The van der Waals surface area contributed by atoms with E-state index in [-0.39, 0.29) is 5.91 Å². The summed E-state index contributed by atoms with van der Waals surface area (Å²) >= 11 is 0. The normalized spacial score (nSPS) is 23.1. The van der Waals surface area contributed by atoms with Crippen LogP contribution in [0.1, 0.15) is 69.7 Å². The van der Waals surface area contributed by atoms with Crippen molar-refractivity contribution >= 4 is 17.7 Å². The molecule has 1 aromatic rings. The van der Waals surface area contributed by atoms with Crippen molar-refractivity contribution in [3.05, 3.63) is 29.8 Å². The Labute approximate surface area is 156 Å². The number of likely N-dealkylation sites (tertiary alicyclic amines) is 1. The molecule has 0 spiro atoms. The first-order valence-electron chi connectivity index (χ1n) is 9.74. The van der Waals surface area contributed by atoms with Gasteiger partial charge in [-0.2, -0.15) is 0 Å². The minimum atomic E-state index is -0.537. The largest absolute Gasteiger partial charge is 0.444 e. The predicted octanol–water partition coefficient (Wildman–Crippen LogP) is 4.83. The third kappa shape index (κ3) is 4.57. The van der Waals surface area contributed by atoms with Gasteiger partial charge >= 0.3 is 6.09 Å². The van der Waals surface area contributed by atoms with E-state index in [4.69, 9.17) is 4.74 Å². The molecule has 5 heteroatoms. The molecule has 2 fully saturated rings. The SMILES string of the molecule is CC(C)(C)OC(=O)Nc1ccc(C(=O)N2CCCC3CCCCC32)cc1. The number of carbonyl (C=O) groups is 2. The highest BCUT2D eigenvalue weighted by atomic mass is 16.6. The van der Waals surface area contributed by atoms with Crippen molar-refractivity contribution in [2.45, 2.75) is 70.9 Å². The van der Waals surface area contributed by atoms with E-state index in [0.717, 1.165) is 19.4 Å². The second-order valence-electron chi connectivity index (χ2n) is 8.46. The van der Waals surface area contributed by atoms with Crippen LogP contribution in [0, 0.1) is 5.92 Å². The molecule has 26 heavy (non-hydrogen) atoms. The topological polar surface area (TPSA) is 58.6 Å². The molecule has 1 aliphatic heterocycles. The monoisotopic (exact) mass is 358 g/mol. The summed E-state index contributed by atoms with van der Waals surface area (Å²) < 4.78 is 5.25. The van der Waals surface area contributed by atoms with Gasteiger partial charge in [-0.15, -0.1) is 0 Å². The summed E-state index contributed by atoms with van der Waals surface area (Å²) in [6.07, 6.45) is 6.79. The number of piperidine rings is 1. The molecule has 142 valence electrons. The van der Waals surface area contributed by atoms with Crippen LogP contribution in [0.4, 0.5) is 10.5 Å². The van der Waals surface area contributed by atoms with Crippen molar-refractivity contribution in [2.75, 3.05) is 11.9 Å². The van der Waals surface area contributed by atoms with Gasteiger partial charge in [0.15, 0.2) is 0 Å².